The van der Waals surface area contributed by atoms with Crippen LogP contribution in [0.3, 0.4) is 0 Å². The highest BCUT2D eigenvalue weighted by Crippen LogP contribution is 2.27. The molecule has 0 N–H and O–H groups in total. The third-order valence-corrected chi connectivity index (χ3v) is 3.28. The molecule has 0 amide bonds. The highest BCUT2D eigenvalue weighted by molar-refractivity contribution is 5.57. The van der Waals surface area contributed by atoms with Gasteiger partial charge in [-0.25, -0.2) is 0 Å². The van der Waals surface area contributed by atoms with Gasteiger partial charge in [0.05, 0.1) is 7.11 Å². The zero-order valence-electron chi connectivity index (χ0n) is 13.0. The van der Waals surface area contributed by atoms with E-state index in [-0.39, 0.29) is 5.41 Å². The maximum Gasteiger partial charge on any atom is 0.231 e. The van der Waals surface area contributed by atoms with Crippen molar-refractivity contribution in [3.63, 3.8) is 0 Å². The van der Waals surface area contributed by atoms with Gasteiger partial charge in [0, 0.05) is 25.2 Å². The predicted octanol–water partition coefficient (Wildman–Crippen LogP) is 2.89. The molecule has 0 saturated carbocycles. The Bertz CT molecular complexity index is 581. The molecule has 0 unspecified atom stereocenters. The van der Waals surface area contributed by atoms with Gasteiger partial charge in [0.15, 0.2) is 0 Å². The fourth-order valence-corrected chi connectivity index (χ4v) is 2.19. The topological polar surface area (TPSA) is 43.2 Å². The van der Waals surface area contributed by atoms with Crippen LogP contribution in [0.25, 0.3) is 0 Å². The Hall–Kier alpha value is -2.04. The summed E-state index contributed by atoms with van der Waals surface area (Å²) in [4.78, 5) is 2.02. The van der Waals surface area contributed by atoms with Crippen LogP contribution in [0, 0.1) is 0 Å². The van der Waals surface area contributed by atoms with Crippen molar-refractivity contribution in [2.75, 3.05) is 19.1 Å². The normalized spacial score (nSPS) is 11.5. The molecule has 5 nitrogen and oxygen atoms in total. The lowest BCUT2D eigenvalue weighted by atomic mass is 9.96. The number of hydrogen-bond acceptors (Lipinski definition) is 4. The minimum Gasteiger partial charge on any atom is -0.497 e. The van der Waals surface area contributed by atoms with Crippen LogP contribution in [-0.2, 0) is 12.5 Å². The Morgan fingerprint density at radius 2 is 1.70 bits per heavy atom. The largest absolute Gasteiger partial charge is 0.497 e. The number of benzene rings is 1. The molecule has 20 heavy (non-hydrogen) atoms. The van der Waals surface area contributed by atoms with Gasteiger partial charge in [-0.05, 0) is 24.3 Å². The minimum atomic E-state index is -0.0270. The summed E-state index contributed by atoms with van der Waals surface area (Å²) >= 11 is 0. The molecule has 0 fully saturated rings. The summed E-state index contributed by atoms with van der Waals surface area (Å²) in [7, 11) is 5.64. The molecule has 0 spiro atoms. The number of ether oxygens (including phenoxy) is 1. The SMILES string of the molecule is COc1ccc(N(C)c2nnc(C(C)(C)C)n2C)cc1. The number of nitrogens with zero attached hydrogens (tertiary/aromatic N) is 4. The van der Waals surface area contributed by atoms with Crippen molar-refractivity contribution >= 4 is 11.6 Å². The molecule has 108 valence electrons. The molecule has 2 aromatic rings. The first-order chi connectivity index (χ1) is 9.34. The lowest BCUT2D eigenvalue weighted by Crippen LogP contribution is -2.20. The maximum atomic E-state index is 5.18. The zero-order chi connectivity index (χ0) is 14.9. The van der Waals surface area contributed by atoms with Crippen LogP contribution in [0.4, 0.5) is 11.6 Å². The average Bonchev–Trinajstić information content (AvgIpc) is 2.80. The fraction of sp³-hybridized carbons (Fsp3) is 0.467. The molecule has 2 rings (SSSR count). The van der Waals surface area contributed by atoms with Gasteiger partial charge >= 0.3 is 0 Å². The van der Waals surface area contributed by atoms with E-state index >= 15 is 0 Å². The summed E-state index contributed by atoms with van der Waals surface area (Å²) in [6.45, 7) is 6.40. The van der Waals surface area contributed by atoms with E-state index in [0.29, 0.717) is 0 Å². The summed E-state index contributed by atoms with van der Waals surface area (Å²) in [5, 5.41) is 8.62. The monoisotopic (exact) mass is 274 g/mol. The van der Waals surface area contributed by atoms with Crippen LogP contribution in [0.1, 0.15) is 26.6 Å². The summed E-state index contributed by atoms with van der Waals surface area (Å²) in [6, 6.07) is 7.88. The third kappa shape index (κ3) is 2.61. The van der Waals surface area contributed by atoms with E-state index in [1.54, 1.807) is 7.11 Å². The van der Waals surface area contributed by atoms with Crippen molar-refractivity contribution < 1.29 is 4.74 Å². The molecular weight excluding hydrogens is 252 g/mol. The van der Waals surface area contributed by atoms with Gasteiger partial charge in [0.25, 0.3) is 0 Å². The van der Waals surface area contributed by atoms with E-state index < -0.39 is 0 Å². The number of rotatable bonds is 3. The van der Waals surface area contributed by atoms with E-state index in [1.165, 1.54) is 0 Å². The third-order valence-electron chi connectivity index (χ3n) is 3.28. The van der Waals surface area contributed by atoms with Gasteiger partial charge in [-0.3, -0.25) is 4.57 Å². The lowest BCUT2D eigenvalue weighted by Gasteiger charge is -2.21. The average molecular weight is 274 g/mol. The van der Waals surface area contributed by atoms with Crippen LogP contribution in [0.15, 0.2) is 24.3 Å². The summed E-state index contributed by atoms with van der Waals surface area (Å²) in [5.41, 5.74) is 1.02. The zero-order valence-corrected chi connectivity index (χ0v) is 13.0. The second-order valence-corrected chi connectivity index (χ2v) is 5.89. The molecule has 0 aliphatic rings. The molecule has 5 heteroatoms. The van der Waals surface area contributed by atoms with Gasteiger partial charge in [0.1, 0.15) is 11.6 Å². The molecule has 1 aromatic heterocycles. The van der Waals surface area contributed by atoms with Crippen LogP contribution in [-0.4, -0.2) is 28.9 Å². The number of anilines is 2. The van der Waals surface area contributed by atoms with Gasteiger partial charge < -0.3 is 9.64 Å². The molecule has 0 radical (unpaired) electrons. The van der Waals surface area contributed by atoms with E-state index in [2.05, 4.69) is 31.0 Å². The molecular formula is C15H22N4O. The van der Waals surface area contributed by atoms with Crippen molar-refractivity contribution in [3.05, 3.63) is 30.1 Å². The Kier molecular flexibility index (Phi) is 3.70. The maximum absolute atomic E-state index is 5.18. The first-order valence-electron chi connectivity index (χ1n) is 6.62. The summed E-state index contributed by atoms with van der Waals surface area (Å²) in [5.74, 6) is 2.63. The van der Waals surface area contributed by atoms with Crippen molar-refractivity contribution in [2.45, 2.75) is 26.2 Å². The Morgan fingerprint density at radius 3 is 2.15 bits per heavy atom. The van der Waals surface area contributed by atoms with Crippen molar-refractivity contribution in [3.8, 4) is 5.75 Å². The van der Waals surface area contributed by atoms with Gasteiger partial charge in [-0.15, -0.1) is 10.2 Å². The molecule has 1 aromatic carbocycles. The number of methoxy groups -OCH3 is 1. The van der Waals surface area contributed by atoms with Gasteiger partial charge in [0.2, 0.25) is 5.95 Å². The minimum absolute atomic E-state index is 0.0270. The van der Waals surface area contributed by atoms with Crippen LogP contribution in [0.5, 0.6) is 5.75 Å². The molecule has 0 atom stereocenters. The highest BCUT2D eigenvalue weighted by atomic mass is 16.5. The van der Waals surface area contributed by atoms with Crippen LogP contribution < -0.4 is 9.64 Å². The van der Waals surface area contributed by atoms with E-state index in [1.807, 2.05) is 47.8 Å². The second kappa shape index (κ2) is 5.15. The van der Waals surface area contributed by atoms with Gasteiger partial charge in [-0.2, -0.15) is 0 Å². The fourth-order valence-electron chi connectivity index (χ4n) is 2.19. The second-order valence-electron chi connectivity index (χ2n) is 5.89. The Morgan fingerprint density at radius 1 is 1.10 bits per heavy atom. The molecule has 1 heterocycles. The van der Waals surface area contributed by atoms with E-state index in [0.717, 1.165) is 23.2 Å². The predicted molar refractivity (Wildman–Crippen MR) is 80.8 cm³/mol. The molecule has 0 saturated heterocycles. The standard InChI is InChI=1S/C15H22N4O/c1-15(2,3)13-16-17-14(19(13)5)18(4)11-7-9-12(20-6)10-8-11/h7-10H,1-6H3. The van der Waals surface area contributed by atoms with E-state index in [4.69, 9.17) is 4.74 Å². The van der Waals surface area contributed by atoms with Crippen molar-refractivity contribution in [1.82, 2.24) is 14.8 Å². The Labute approximate surface area is 120 Å². The van der Waals surface area contributed by atoms with Crippen molar-refractivity contribution in [1.29, 1.82) is 0 Å². The van der Waals surface area contributed by atoms with Crippen LogP contribution in [0.2, 0.25) is 0 Å². The van der Waals surface area contributed by atoms with Crippen molar-refractivity contribution in [2.24, 2.45) is 7.05 Å². The first kappa shape index (κ1) is 14.4. The van der Waals surface area contributed by atoms with Crippen LogP contribution >= 0.6 is 0 Å². The van der Waals surface area contributed by atoms with Gasteiger partial charge in [-0.1, -0.05) is 20.8 Å². The van der Waals surface area contributed by atoms with E-state index in [9.17, 15) is 0 Å². The first-order valence-corrected chi connectivity index (χ1v) is 6.62. The molecule has 0 aliphatic carbocycles. The quantitative estimate of drug-likeness (QED) is 0.863. The summed E-state index contributed by atoms with van der Waals surface area (Å²) < 4.78 is 7.21. The highest BCUT2D eigenvalue weighted by Gasteiger charge is 2.23. The lowest BCUT2D eigenvalue weighted by molar-refractivity contribution is 0.415. The number of hydrogen-bond donors (Lipinski definition) is 0. The molecule has 0 aliphatic heterocycles. The molecule has 0 bridgehead atoms. The smallest absolute Gasteiger partial charge is 0.231 e. The number of aromatic nitrogens is 3. The Balaban J connectivity index is 2.33. The summed E-state index contributed by atoms with van der Waals surface area (Å²) in [6.07, 6.45) is 0.